The molecule has 17 nitrogen and oxygen atoms in total. The molecule has 0 bridgehead atoms. The molecule has 19 heteroatoms. The molecule has 0 aliphatic heterocycles. The van der Waals surface area contributed by atoms with Crippen molar-refractivity contribution >= 4 is 39.5 Å². The van der Waals surface area contributed by atoms with Crippen molar-refractivity contribution < 1.29 is 80.2 Å². The maximum Gasteiger partial charge on any atom is 0.472 e. The van der Waals surface area contributed by atoms with Gasteiger partial charge < -0.3 is 33.8 Å². The van der Waals surface area contributed by atoms with Crippen LogP contribution in [0.5, 0.6) is 0 Å². The summed E-state index contributed by atoms with van der Waals surface area (Å²) in [6.07, 6.45) is 68.2. The average Bonchev–Trinajstić information content (AvgIpc) is 0.935. The van der Waals surface area contributed by atoms with Crippen molar-refractivity contribution in [3.8, 4) is 0 Å². The van der Waals surface area contributed by atoms with E-state index in [9.17, 15) is 43.2 Å². The second kappa shape index (κ2) is 75.9. The lowest BCUT2D eigenvalue weighted by Crippen LogP contribution is -2.30. The lowest BCUT2D eigenvalue weighted by Gasteiger charge is -2.21. The molecule has 0 aromatic carbocycles. The lowest BCUT2D eigenvalue weighted by atomic mass is 10.0. The van der Waals surface area contributed by atoms with Gasteiger partial charge in [-0.25, -0.2) is 9.13 Å². The van der Waals surface area contributed by atoms with Gasteiger partial charge in [0.05, 0.1) is 26.4 Å². The van der Waals surface area contributed by atoms with E-state index in [0.717, 1.165) is 102 Å². The number of rotatable bonds is 83. The number of phosphoric acid groups is 2. The number of aliphatic hydroxyl groups is 1. The Balaban J connectivity index is 5.18. The predicted octanol–water partition coefficient (Wildman–Crippen LogP) is 25.2. The molecule has 0 fully saturated rings. The zero-order chi connectivity index (χ0) is 74.8. The number of phosphoric ester groups is 2. The molecule has 0 rings (SSSR count). The predicted molar refractivity (Wildman–Crippen MR) is 418 cm³/mol. The van der Waals surface area contributed by atoms with Crippen molar-refractivity contribution in [1.82, 2.24) is 0 Å². The van der Waals surface area contributed by atoms with Gasteiger partial charge in [0, 0.05) is 25.7 Å². The van der Waals surface area contributed by atoms with Crippen molar-refractivity contribution in [3.05, 3.63) is 0 Å². The molecule has 0 saturated heterocycles. The van der Waals surface area contributed by atoms with Gasteiger partial charge in [-0.3, -0.25) is 37.3 Å². The van der Waals surface area contributed by atoms with Crippen molar-refractivity contribution in [2.24, 2.45) is 5.92 Å². The van der Waals surface area contributed by atoms with Gasteiger partial charge in [-0.05, 0) is 31.6 Å². The number of esters is 4. The van der Waals surface area contributed by atoms with Crippen LogP contribution in [-0.2, 0) is 65.4 Å². The van der Waals surface area contributed by atoms with E-state index < -0.39 is 97.5 Å². The molecular weight excluding hydrogens is 1330 g/mol. The van der Waals surface area contributed by atoms with Crippen LogP contribution in [0.2, 0.25) is 0 Å². The first-order valence-corrected chi connectivity index (χ1v) is 46.1. The van der Waals surface area contributed by atoms with E-state index in [1.54, 1.807) is 0 Å². The average molecular weight is 1490 g/mol. The molecule has 0 amide bonds. The molecular formula is C83H162O17P2. The summed E-state index contributed by atoms with van der Waals surface area (Å²) >= 11 is 0. The van der Waals surface area contributed by atoms with Crippen LogP contribution in [0.15, 0.2) is 0 Å². The Morgan fingerprint density at radius 3 is 0.667 bits per heavy atom. The Kier molecular flexibility index (Phi) is 74.4. The number of hydrogen-bond acceptors (Lipinski definition) is 15. The van der Waals surface area contributed by atoms with E-state index in [0.29, 0.717) is 25.7 Å². The normalized spacial score (nSPS) is 13.8. The molecule has 0 aliphatic carbocycles. The van der Waals surface area contributed by atoms with Gasteiger partial charge in [-0.1, -0.05) is 394 Å². The topological polar surface area (TPSA) is 237 Å². The summed E-state index contributed by atoms with van der Waals surface area (Å²) in [5, 5.41) is 10.6. The van der Waals surface area contributed by atoms with Gasteiger partial charge >= 0.3 is 39.5 Å². The second-order valence-electron chi connectivity index (χ2n) is 30.3. The van der Waals surface area contributed by atoms with Crippen LogP contribution in [-0.4, -0.2) is 96.7 Å². The third kappa shape index (κ3) is 76.3. The van der Waals surface area contributed by atoms with Crippen molar-refractivity contribution in [2.45, 2.75) is 464 Å². The van der Waals surface area contributed by atoms with Crippen LogP contribution < -0.4 is 0 Å². The maximum atomic E-state index is 13.1. The van der Waals surface area contributed by atoms with Crippen LogP contribution in [0.4, 0.5) is 0 Å². The van der Waals surface area contributed by atoms with Crippen LogP contribution in [0.1, 0.15) is 446 Å². The standard InChI is InChI=1S/C83H162O17P2/c1-6-9-12-15-18-21-23-25-27-28-29-30-31-32-33-36-41-45-49-54-59-64-69-83(88)100-79(73-94-81(86)67-62-57-52-47-43-40-37-34-35-38-42-46-50-55-60-65-76(4)5)75-98-102(91,92)96-71-77(84)70-95-101(89,90)97-74-78(72-93-80(85)66-61-56-51-20-17-14-11-8-3)99-82(87)68-63-58-53-48-44-39-26-24-22-19-16-13-10-7-2/h76-79,84H,6-75H2,1-5H3,(H,89,90)(H,91,92)/t77-,78+,79+/m0/s1. The molecule has 0 aromatic rings. The lowest BCUT2D eigenvalue weighted by molar-refractivity contribution is -0.161. The molecule has 0 aromatic heterocycles. The fourth-order valence-corrected chi connectivity index (χ4v) is 14.5. The summed E-state index contributed by atoms with van der Waals surface area (Å²) in [7, 11) is -9.92. The molecule has 0 saturated carbocycles. The van der Waals surface area contributed by atoms with Gasteiger partial charge in [0.1, 0.15) is 19.3 Å². The third-order valence-corrected chi connectivity index (χ3v) is 21.4. The highest BCUT2D eigenvalue weighted by Crippen LogP contribution is 2.45. The SMILES string of the molecule is CCCCCCCCCCCCCCCCCCCCCCCCC(=O)O[C@H](COC(=O)CCCCCCCCCCCCCCCCCC(C)C)COP(=O)(O)OC[C@@H](O)COP(=O)(O)OC[C@@H](COC(=O)CCCCCCCCCC)OC(=O)CCCCCCCCCCCCCCCC. The monoisotopic (exact) mass is 1490 g/mol. The fraction of sp³-hybridized carbons (Fsp3) is 0.952. The van der Waals surface area contributed by atoms with Crippen LogP contribution >= 0.6 is 15.6 Å². The van der Waals surface area contributed by atoms with Gasteiger partial charge in [-0.2, -0.15) is 0 Å². The smallest absolute Gasteiger partial charge is 0.462 e. The number of carbonyl (C=O) groups excluding carboxylic acids is 4. The molecule has 2 unspecified atom stereocenters. The molecule has 0 aliphatic rings. The summed E-state index contributed by atoms with van der Waals surface area (Å²) in [6, 6.07) is 0. The third-order valence-electron chi connectivity index (χ3n) is 19.5. The van der Waals surface area contributed by atoms with E-state index in [-0.39, 0.29) is 25.7 Å². The highest BCUT2D eigenvalue weighted by Gasteiger charge is 2.30. The van der Waals surface area contributed by atoms with Crippen LogP contribution in [0.25, 0.3) is 0 Å². The molecule has 0 radical (unpaired) electrons. The van der Waals surface area contributed by atoms with Crippen molar-refractivity contribution in [2.75, 3.05) is 39.6 Å². The van der Waals surface area contributed by atoms with Crippen molar-refractivity contribution in [3.63, 3.8) is 0 Å². The zero-order valence-corrected chi connectivity index (χ0v) is 68.5. The van der Waals surface area contributed by atoms with E-state index >= 15 is 0 Å². The maximum absolute atomic E-state index is 13.1. The largest absolute Gasteiger partial charge is 0.472 e. The Hall–Kier alpha value is -1.94. The summed E-state index contributed by atoms with van der Waals surface area (Å²) in [4.78, 5) is 73.0. The van der Waals surface area contributed by atoms with E-state index in [2.05, 4.69) is 34.6 Å². The van der Waals surface area contributed by atoms with E-state index in [1.807, 2.05) is 0 Å². The Morgan fingerprint density at radius 1 is 0.265 bits per heavy atom. The van der Waals surface area contributed by atoms with Gasteiger partial charge in [0.15, 0.2) is 12.2 Å². The van der Waals surface area contributed by atoms with Crippen LogP contribution in [0.3, 0.4) is 0 Å². The van der Waals surface area contributed by atoms with Gasteiger partial charge in [-0.15, -0.1) is 0 Å². The quantitative estimate of drug-likeness (QED) is 0.0222. The highest BCUT2D eigenvalue weighted by molar-refractivity contribution is 7.47. The number of carbonyl (C=O) groups is 4. The Morgan fingerprint density at radius 2 is 0.451 bits per heavy atom. The molecule has 0 spiro atoms. The first-order chi connectivity index (χ1) is 49.5. The first-order valence-electron chi connectivity index (χ1n) is 43.1. The Bertz CT molecular complexity index is 1940. The number of hydrogen-bond donors (Lipinski definition) is 3. The minimum absolute atomic E-state index is 0.108. The van der Waals surface area contributed by atoms with E-state index in [1.165, 1.54) is 263 Å². The molecule has 3 N–H and O–H groups in total. The Labute approximate surface area is 626 Å². The highest BCUT2D eigenvalue weighted by atomic mass is 31.2. The minimum Gasteiger partial charge on any atom is -0.462 e. The van der Waals surface area contributed by atoms with E-state index in [4.69, 9.17) is 37.0 Å². The van der Waals surface area contributed by atoms with Gasteiger partial charge in [0.25, 0.3) is 0 Å². The molecule has 0 heterocycles. The number of unbranched alkanes of at least 4 members (excludes halogenated alkanes) is 55. The molecule has 606 valence electrons. The number of aliphatic hydroxyl groups excluding tert-OH is 1. The summed E-state index contributed by atoms with van der Waals surface area (Å²) in [5.41, 5.74) is 0. The number of ether oxygens (including phenoxy) is 4. The summed E-state index contributed by atoms with van der Waals surface area (Å²) in [5.74, 6) is -1.30. The molecule has 102 heavy (non-hydrogen) atoms. The fourth-order valence-electron chi connectivity index (χ4n) is 12.9. The first kappa shape index (κ1) is 100. The molecule has 5 atom stereocenters. The summed E-state index contributed by atoms with van der Waals surface area (Å²) in [6.45, 7) is 7.34. The van der Waals surface area contributed by atoms with Crippen LogP contribution in [0, 0.1) is 5.92 Å². The minimum atomic E-state index is -4.96. The van der Waals surface area contributed by atoms with Crippen molar-refractivity contribution in [1.29, 1.82) is 0 Å². The zero-order valence-electron chi connectivity index (χ0n) is 66.8. The van der Waals surface area contributed by atoms with Gasteiger partial charge in [0.2, 0.25) is 0 Å². The second-order valence-corrected chi connectivity index (χ2v) is 33.3. The summed E-state index contributed by atoms with van der Waals surface area (Å²) < 4.78 is 68.7.